The van der Waals surface area contributed by atoms with Gasteiger partial charge in [0.2, 0.25) is 5.91 Å². The van der Waals surface area contributed by atoms with Gasteiger partial charge in [-0.25, -0.2) is 0 Å². The van der Waals surface area contributed by atoms with Gasteiger partial charge in [0.05, 0.1) is 18.6 Å². The molecule has 1 fully saturated rings. The van der Waals surface area contributed by atoms with Crippen LogP contribution in [0.25, 0.3) is 0 Å². The normalized spacial score (nSPS) is 14.0. The fourth-order valence-corrected chi connectivity index (χ4v) is 3.63. The number of nitrogens with one attached hydrogen (secondary N) is 1. The highest BCUT2D eigenvalue weighted by atomic mass is 35.5. The predicted octanol–water partition coefficient (Wildman–Crippen LogP) is 4.13. The molecule has 1 heterocycles. The summed E-state index contributed by atoms with van der Waals surface area (Å²) in [5.74, 6) is 2.23. The Morgan fingerprint density at radius 2 is 2.20 bits per heavy atom. The first-order valence-electron chi connectivity index (χ1n) is 8.20. The summed E-state index contributed by atoms with van der Waals surface area (Å²) in [5.41, 5.74) is 0.560. The lowest BCUT2D eigenvalue weighted by Crippen LogP contribution is -2.15. The second kappa shape index (κ2) is 7.66. The Kier molecular flexibility index (Phi) is 5.54. The molecule has 1 aliphatic rings. The maximum absolute atomic E-state index is 12.3. The molecule has 6 nitrogen and oxygen atoms in total. The van der Waals surface area contributed by atoms with Crippen molar-refractivity contribution in [1.29, 1.82) is 0 Å². The zero-order chi connectivity index (χ0) is 18.0. The Hall–Kier alpha value is -1.73. The number of aromatic nitrogens is 3. The van der Waals surface area contributed by atoms with Gasteiger partial charge in [0.25, 0.3) is 0 Å². The van der Waals surface area contributed by atoms with Crippen LogP contribution in [0, 0.1) is 0 Å². The van der Waals surface area contributed by atoms with Crippen LogP contribution in [-0.4, -0.2) is 33.5 Å². The van der Waals surface area contributed by atoms with Gasteiger partial charge in [0.15, 0.2) is 5.16 Å². The number of hydrogen-bond donors (Lipinski definition) is 1. The van der Waals surface area contributed by atoms with Crippen molar-refractivity contribution in [3.8, 4) is 5.75 Å². The number of benzene rings is 1. The summed E-state index contributed by atoms with van der Waals surface area (Å²) >= 11 is 7.38. The molecule has 8 heteroatoms. The Labute approximate surface area is 156 Å². The second-order valence-electron chi connectivity index (χ2n) is 6.26. The molecule has 1 aliphatic carbocycles. The molecular formula is C17H21ClN4O2S. The van der Waals surface area contributed by atoms with E-state index in [0.29, 0.717) is 22.4 Å². The quantitative estimate of drug-likeness (QED) is 0.731. The molecule has 134 valence electrons. The third-order valence-electron chi connectivity index (χ3n) is 3.92. The number of rotatable bonds is 7. The number of carbonyl (C=O) groups is 1. The van der Waals surface area contributed by atoms with Gasteiger partial charge in [-0.2, -0.15) is 0 Å². The van der Waals surface area contributed by atoms with E-state index in [0.717, 1.165) is 11.0 Å². The number of nitrogens with zero attached hydrogens (tertiary/aromatic N) is 3. The average Bonchev–Trinajstić information content (AvgIpc) is 3.32. The maximum atomic E-state index is 12.3. The smallest absolute Gasteiger partial charge is 0.234 e. The highest BCUT2D eigenvalue weighted by Gasteiger charge is 2.31. The van der Waals surface area contributed by atoms with Crippen molar-refractivity contribution in [2.24, 2.45) is 0 Å². The minimum Gasteiger partial charge on any atom is -0.495 e. The number of thioether (sulfide) groups is 1. The van der Waals surface area contributed by atoms with E-state index in [1.807, 2.05) is 0 Å². The molecule has 1 aromatic heterocycles. The van der Waals surface area contributed by atoms with Crippen molar-refractivity contribution in [3.05, 3.63) is 29.0 Å². The van der Waals surface area contributed by atoms with Gasteiger partial charge >= 0.3 is 0 Å². The molecule has 0 radical (unpaired) electrons. The molecule has 1 N–H and O–H groups in total. The van der Waals surface area contributed by atoms with Gasteiger partial charge < -0.3 is 14.6 Å². The molecule has 1 saturated carbocycles. The second-order valence-corrected chi connectivity index (χ2v) is 7.64. The van der Waals surface area contributed by atoms with Crippen molar-refractivity contribution < 1.29 is 9.53 Å². The van der Waals surface area contributed by atoms with E-state index in [1.54, 1.807) is 25.3 Å². The van der Waals surface area contributed by atoms with Crippen molar-refractivity contribution in [2.75, 3.05) is 18.2 Å². The number of halogens is 1. The number of amides is 1. The Morgan fingerprint density at radius 1 is 1.44 bits per heavy atom. The number of carbonyl (C=O) groups excluding carboxylic acids is 1. The van der Waals surface area contributed by atoms with E-state index >= 15 is 0 Å². The van der Waals surface area contributed by atoms with Gasteiger partial charge in [0, 0.05) is 17.0 Å². The van der Waals surface area contributed by atoms with Crippen molar-refractivity contribution in [1.82, 2.24) is 14.8 Å². The lowest BCUT2D eigenvalue weighted by molar-refractivity contribution is -0.113. The Morgan fingerprint density at radius 3 is 2.84 bits per heavy atom. The maximum Gasteiger partial charge on any atom is 0.234 e. The van der Waals surface area contributed by atoms with Gasteiger partial charge in [-0.1, -0.05) is 23.4 Å². The Bertz CT molecular complexity index is 774. The van der Waals surface area contributed by atoms with Crippen LogP contribution in [-0.2, 0) is 4.79 Å². The topological polar surface area (TPSA) is 69.0 Å². The number of methoxy groups -OCH3 is 1. The van der Waals surface area contributed by atoms with E-state index < -0.39 is 0 Å². The zero-order valence-corrected chi connectivity index (χ0v) is 16.0. The first kappa shape index (κ1) is 18.1. The van der Waals surface area contributed by atoms with Crippen LogP contribution in [0.2, 0.25) is 5.02 Å². The van der Waals surface area contributed by atoms with E-state index in [9.17, 15) is 4.79 Å². The highest BCUT2D eigenvalue weighted by molar-refractivity contribution is 7.99. The molecule has 25 heavy (non-hydrogen) atoms. The van der Waals surface area contributed by atoms with E-state index in [-0.39, 0.29) is 17.7 Å². The summed E-state index contributed by atoms with van der Waals surface area (Å²) < 4.78 is 7.38. The lowest BCUT2D eigenvalue weighted by atomic mass is 10.3. The zero-order valence-electron chi connectivity index (χ0n) is 14.5. The third kappa shape index (κ3) is 4.27. The summed E-state index contributed by atoms with van der Waals surface area (Å²) in [6.45, 7) is 4.21. The largest absolute Gasteiger partial charge is 0.495 e. The number of anilines is 1. The molecule has 1 amide bonds. The van der Waals surface area contributed by atoms with Gasteiger partial charge in [-0.15, -0.1) is 10.2 Å². The first-order valence-corrected chi connectivity index (χ1v) is 9.57. The molecular weight excluding hydrogens is 360 g/mol. The summed E-state index contributed by atoms with van der Waals surface area (Å²) in [7, 11) is 1.55. The fraction of sp³-hybridized carbons (Fsp3) is 0.471. The molecule has 0 aliphatic heterocycles. The van der Waals surface area contributed by atoms with Crippen LogP contribution in [0.1, 0.15) is 44.5 Å². The monoisotopic (exact) mass is 380 g/mol. The number of ether oxygens (including phenoxy) is 1. The van der Waals surface area contributed by atoms with Crippen LogP contribution in [0.5, 0.6) is 5.75 Å². The summed E-state index contributed by atoms with van der Waals surface area (Å²) in [5, 5.41) is 12.8. The molecule has 0 atom stereocenters. The predicted molar refractivity (Wildman–Crippen MR) is 99.7 cm³/mol. The summed E-state index contributed by atoms with van der Waals surface area (Å²) in [6.07, 6.45) is 2.34. The van der Waals surface area contributed by atoms with E-state index in [2.05, 4.69) is 33.9 Å². The molecule has 0 bridgehead atoms. The van der Waals surface area contributed by atoms with Crippen molar-refractivity contribution >= 4 is 35.0 Å². The Balaban J connectivity index is 1.66. The fourth-order valence-electron chi connectivity index (χ4n) is 2.59. The minimum atomic E-state index is -0.142. The third-order valence-corrected chi connectivity index (χ3v) is 5.10. The molecule has 2 aromatic rings. The van der Waals surface area contributed by atoms with Gasteiger partial charge in [0.1, 0.15) is 11.6 Å². The molecule has 0 saturated heterocycles. The van der Waals surface area contributed by atoms with Crippen molar-refractivity contribution in [3.63, 3.8) is 0 Å². The van der Waals surface area contributed by atoms with Crippen LogP contribution in [0.15, 0.2) is 23.4 Å². The van der Waals surface area contributed by atoms with Gasteiger partial charge in [-0.05, 0) is 44.9 Å². The standard InChI is InChI=1S/C17H21ClN4O2S/c1-10(2)22-16(11-4-5-11)20-21-17(22)25-9-15(23)19-13-8-12(18)6-7-14(13)24-3/h6-8,10-11H,4-5,9H2,1-3H3,(H,19,23). The minimum absolute atomic E-state index is 0.142. The molecule has 3 rings (SSSR count). The SMILES string of the molecule is COc1ccc(Cl)cc1NC(=O)CSc1nnc(C2CC2)n1C(C)C. The summed E-state index contributed by atoms with van der Waals surface area (Å²) in [6, 6.07) is 5.38. The van der Waals surface area contributed by atoms with Gasteiger partial charge in [-0.3, -0.25) is 4.79 Å². The summed E-state index contributed by atoms with van der Waals surface area (Å²) in [4.78, 5) is 12.3. The van der Waals surface area contributed by atoms with E-state index in [4.69, 9.17) is 16.3 Å². The van der Waals surface area contributed by atoms with Crippen LogP contribution < -0.4 is 10.1 Å². The van der Waals surface area contributed by atoms with Crippen LogP contribution in [0.4, 0.5) is 5.69 Å². The molecule has 0 unspecified atom stereocenters. The average molecular weight is 381 g/mol. The van der Waals surface area contributed by atoms with Crippen molar-refractivity contribution in [2.45, 2.75) is 43.8 Å². The lowest BCUT2D eigenvalue weighted by Gasteiger charge is -2.13. The molecule has 0 spiro atoms. The van der Waals surface area contributed by atoms with Crippen LogP contribution in [0.3, 0.4) is 0 Å². The molecule has 1 aromatic carbocycles. The number of hydrogen-bond acceptors (Lipinski definition) is 5. The first-order chi connectivity index (χ1) is 12.0. The highest BCUT2D eigenvalue weighted by Crippen LogP contribution is 2.41. The van der Waals surface area contributed by atoms with Crippen LogP contribution >= 0.6 is 23.4 Å². The van der Waals surface area contributed by atoms with E-state index in [1.165, 1.54) is 24.6 Å².